The molecule has 1 heterocycles. The molecule has 34 heavy (non-hydrogen) atoms. The summed E-state index contributed by atoms with van der Waals surface area (Å²) in [5.41, 5.74) is 1.59. The van der Waals surface area contributed by atoms with Crippen LogP contribution in [0.3, 0.4) is 0 Å². The number of fused-ring (bicyclic) bond motifs is 1. The molecule has 0 bridgehead atoms. The highest BCUT2D eigenvalue weighted by molar-refractivity contribution is 7.92. The standard InChI is InChI=1S/C19H17F5N2O5S.CH5N/c1-18(2,19(22,23)24)31-17(27)25-11-3-6-16-15(9-11)26(7-8-30-16)32(28,29)12-4-5-13(20)14(21)10-12;1-2/h3-6,9-10H,7-8H2,1-2H3,(H,25,27);2H2,1H3. The number of alkyl halides is 3. The van der Waals surface area contributed by atoms with Crippen molar-refractivity contribution < 1.29 is 44.6 Å². The van der Waals surface area contributed by atoms with E-state index in [0.717, 1.165) is 16.4 Å². The second kappa shape index (κ2) is 10.0. The highest BCUT2D eigenvalue weighted by Gasteiger charge is 2.51. The molecule has 0 spiro atoms. The second-order valence-electron chi connectivity index (χ2n) is 7.21. The Morgan fingerprint density at radius 3 is 2.32 bits per heavy atom. The Morgan fingerprint density at radius 2 is 1.74 bits per heavy atom. The minimum Gasteiger partial charge on any atom is -0.489 e. The third-order valence-corrected chi connectivity index (χ3v) is 6.34. The predicted octanol–water partition coefficient (Wildman–Crippen LogP) is 4.02. The number of hydrogen-bond donors (Lipinski definition) is 2. The molecule has 0 aliphatic carbocycles. The number of halogens is 5. The first-order valence-corrected chi connectivity index (χ1v) is 11.1. The fraction of sp³-hybridized carbons (Fsp3) is 0.350. The number of hydrogen-bond acceptors (Lipinski definition) is 6. The molecule has 2 aromatic carbocycles. The van der Waals surface area contributed by atoms with Gasteiger partial charge in [-0.1, -0.05) is 0 Å². The van der Waals surface area contributed by atoms with Crippen LogP contribution in [0.25, 0.3) is 0 Å². The van der Waals surface area contributed by atoms with E-state index in [0.29, 0.717) is 26.0 Å². The fourth-order valence-corrected chi connectivity index (χ4v) is 4.18. The molecule has 188 valence electrons. The number of sulfonamides is 1. The topological polar surface area (TPSA) is 111 Å². The van der Waals surface area contributed by atoms with Gasteiger partial charge in [0.1, 0.15) is 12.4 Å². The van der Waals surface area contributed by atoms with Gasteiger partial charge in [0.25, 0.3) is 10.0 Å². The summed E-state index contributed by atoms with van der Waals surface area (Å²) in [5.74, 6) is -2.49. The minimum absolute atomic E-state index is 0.0511. The van der Waals surface area contributed by atoms with Crippen LogP contribution >= 0.6 is 0 Å². The van der Waals surface area contributed by atoms with Gasteiger partial charge in [0.2, 0.25) is 5.60 Å². The van der Waals surface area contributed by atoms with Crippen LogP contribution in [0.15, 0.2) is 41.3 Å². The molecular weight excluding hydrogens is 489 g/mol. The zero-order valence-electron chi connectivity index (χ0n) is 18.2. The van der Waals surface area contributed by atoms with Crippen LogP contribution in [0.4, 0.5) is 38.1 Å². The van der Waals surface area contributed by atoms with E-state index < -0.39 is 44.4 Å². The summed E-state index contributed by atoms with van der Waals surface area (Å²) in [4.78, 5) is 11.4. The normalized spacial score (nSPS) is 13.7. The third kappa shape index (κ3) is 5.67. The minimum atomic E-state index is -4.82. The van der Waals surface area contributed by atoms with Gasteiger partial charge in [0.05, 0.1) is 17.1 Å². The predicted molar refractivity (Wildman–Crippen MR) is 113 cm³/mol. The number of carbonyl (C=O) groups excluding carboxylic acids is 1. The molecule has 1 aliphatic heterocycles. The zero-order chi connectivity index (χ0) is 25.9. The molecule has 3 N–H and O–H groups in total. The lowest BCUT2D eigenvalue weighted by Gasteiger charge is -2.31. The van der Waals surface area contributed by atoms with Crippen molar-refractivity contribution in [3.8, 4) is 5.75 Å². The number of carbonyl (C=O) groups is 1. The van der Waals surface area contributed by atoms with E-state index in [4.69, 9.17) is 4.74 Å². The Bertz CT molecular complexity index is 1160. The number of ether oxygens (including phenoxy) is 2. The van der Waals surface area contributed by atoms with E-state index in [1.54, 1.807) is 0 Å². The van der Waals surface area contributed by atoms with Crippen molar-refractivity contribution in [2.75, 3.05) is 29.8 Å². The van der Waals surface area contributed by atoms with E-state index in [2.05, 4.69) is 15.8 Å². The van der Waals surface area contributed by atoms with Gasteiger partial charge in [-0.15, -0.1) is 0 Å². The number of amides is 1. The van der Waals surface area contributed by atoms with Gasteiger partial charge in [0.15, 0.2) is 11.6 Å². The number of nitrogens with zero attached hydrogens (tertiary/aromatic N) is 1. The van der Waals surface area contributed by atoms with Gasteiger partial charge < -0.3 is 15.2 Å². The lowest BCUT2D eigenvalue weighted by molar-refractivity contribution is -0.242. The van der Waals surface area contributed by atoms with Crippen LogP contribution in [0.2, 0.25) is 0 Å². The summed E-state index contributed by atoms with van der Waals surface area (Å²) >= 11 is 0. The molecule has 0 radical (unpaired) electrons. The largest absolute Gasteiger partial charge is 0.489 e. The summed E-state index contributed by atoms with van der Waals surface area (Å²) in [6, 6.07) is 5.80. The molecule has 1 amide bonds. The molecule has 2 aromatic rings. The van der Waals surface area contributed by atoms with Crippen LogP contribution < -0.4 is 20.1 Å². The lowest BCUT2D eigenvalue weighted by atomic mass is 10.1. The Morgan fingerprint density at radius 1 is 1.09 bits per heavy atom. The van der Waals surface area contributed by atoms with E-state index in [1.807, 2.05) is 0 Å². The van der Waals surface area contributed by atoms with Gasteiger partial charge >= 0.3 is 12.3 Å². The maximum Gasteiger partial charge on any atom is 0.427 e. The van der Waals surface area contributed by atoms with E-state index >= 15 is 0 Å². The highest BCUT2D eigenvalue weighted by atomic mass is 32.2. The summed E-state index contributed by atoms with van der Waals surface area (Å²) in [6.45, 7) is 1.10. The number of rotatable bonds is 4. The molecule has 0 unspecified atom stereocenters. The van der Waals surface area contributed by atoms with Gasteiger partial charge in [0, 0.05) is 5.69 Å². The molecule has 0 saturated heterocycles. The van der Waals surface area contributed by atoms with E-state index in [1.165, 1.54) is 19.2 Å². The van der Waals surface area contributed by atoms with Gasteiger partial charge in [-0.2, -0.15) is 13.2 Å². The first kappa shape index (κ1) is 27.1. The monoisotopic (exact) mass is 511 g/mol. The molecule has 0 aromatic heterocycles. The van der Waals surface area contributed by atoms with Crippen molar-refractivity contribution in [2.24, 2.45) is 5.73 Å². The summed E-state index contributed by atoms with van der Waals surface area (Å²) in [7, 11) is -2.85. The summed E-state index contributed by atoms with van der Waals surface area (Å²) in [5, 5.41) is 2.10. The Balaban J connectivity index is 0.00000199. The Hall–Kier alpha value is -3.13. The lowest BCUT2D eigenvalue weighted by Crippen LogP contribution is -2.44. The van der Waals surface area contributed by atoms with Gasteiger partial charge in [-0.25, -0.2) is 22.0 Å². The van der Waals surface area contributed by atoms with Crippen molar-refractivity contribution in [1.29, 1.82) is 0 Å². The van der Waals surface area contributed by atoms with Crippen molar-refractivity contribution in [1.82, 2.24) is 0 Å². The molecule has 1 aliphatic rings. The van der Waals surface area contributed by atoms with Gasteiger partial charge in [-0.05, 0) is 57.3 Å². The van der Waals surface area contributed by atoms with E-state index in [-0.39, 0.29) is 30.3 Å². The average molecular weight is 511 g/mol. The van der Waals surface area contributed by atoms with Crippen LogP contribution in [-0.2, 0) is 14.8 Å². The first-order chi connectivity index (χ1) is 15.7. The molecule has 8 nitrogen and oxygen atoms in total. The van der Waals surface area contributed by atoms with E-state index in [9.17, 15) is 35.2 Å². The first-order valence-electron chi connectivity index (χ1n) is 9.61. The average Bonchev–Trinajstić information content (AvgIpc) is 2.75. The Kier molecular flexibility index (Phi) is 7.98. The number of anilines is 2. The smallest absolute Gasteiger partial charge is 0.427 e. The second-order valence-corrected chi connectivity index (χ2v) is 9.07. The van der Waals surface area contributed by atoms with Gasteiger partial charge in [-0.3, -0.25) is 9.62 Å². The molecule has 0 atom stereocenters. The summed E-state index contributed by atoms with van der Waals surface area (Å²) < 4.78 is 102. The highest BCUT2D eigenvalue weighted by Crippen LogP contribution is 2.38. The van der Waals surface area contributed by atoms with Crippen molar-refractivity contribution in [3.63, 3.8) is 0 Å². The molecular formula is C20H22F5N3O5S. The third-order valence-electron chi connectivity index (χ3n) is 4.54. The Labute approximate surface area is 192 Å². The van der Waals surface area contributed by atoms with Crippen LogP contribution in [0.1, 0.15) is 13.8 Å². The molecule has 0 fully saturated rings. The summed E-state index contributed by atoms with van der Waals surface area (Å²) in [6.07, 6.45) is -6.23. The molecule has 0 saturated carbocycles. The van der Waals surface area contributed by atoms with Crippen molar-refractivity contribution >= 4 is 27.5 Å². The molecule has 3 rings (SSSR count). The van der Waals surface area contributed by atoms with Crippen LogP contribution in [-0.4, -0.2) is 46.5 Å². The fourth-order valence-electron chi connectivity index (χ4n) is 2.72. The maximum atomic E-state index is 13.6. The van der Waals surface area contributed by atoms with Crippen molar-refractivity contribution in [3.05, 3.63) is 48.0 Å². The zero-order valence-corrected chi connectivity index (χ0v) is 19.1. The number of benzene rings is 2. The SMILES string of the molecule is CC(C)(OC(=O)Nc1ccc2c(c1)N(S(=O)(=O)c1ccc(F)c(F)c1)CCO2)C(F)(F)F.CN. The van der Waals surface area contributed by atoms with Crippen LogP contribution in [0, 0.1) is 11.6 Å². The number of nitrogens with two attached hydrogens (primary N) is 1. The van der Waals surface area contributed by atoms with Crippen molar-refractivity contribution in [2.45, 2.75) is 30.5 Å². The maximum absolute atomic E-state index is 13.6. The number of nitrogens with one attached hydrogen (secondary N) is 1. The molecule has 14 heteroatoms. The van der Waals surface area contributed by atoms with Crippen LogP contribution in [0.5, 0.6) is 5.75 Å². The quantitative estimate of drug-likeness (QED) is 0.600.